The van der Waals surface area contributed by atoms with Crippen molar-refractivity contribution in [3.63, 3.8) is 0 Å². The first-order valence-corrected chi connectivity index (χ1v) is 8.56. The minimum atomic E-state index is -3.34. The third kappa shape index (κ3) is 3.66. The predicted octanol–water partition coefficient (Wildman–Crippen LogP) is 0.967. The molecular formula is C12H25N3O2S. The van der Waals surface area contributed by atoms with Crippen LogP contribution in [0, 0.1) is 0 Å². The maximum absolute atomic E-state index is 12.3. The van der Waals surface area contributed by atoms with Gasteiger partial charge in [0.2, 0.25) is 0 Å². The second-order valence-corrected chi connectivity index (χ2v) is 7.19. The zero-order chi connectivity index (χ0) is 13.0. The largest absolute Gasteiger partial charge is 0.326 e. The van der Waals surface area contributed by atoms with Crippen LogP contribution in [0.5, 0.6) is 0 Å². The predicted molar refractivity (Wildman–Crippen MR) is 72.3 cm³/mol. The van der Waals surface area contributed by atoms with Gasteiger partial charge in [-0.05, 0) is 25.7 Å². The lowest BCUT2D eigenvalue weighted by atomic mass is 9.92. The first-order valence-electron chi connectivity index (χ1n) is 7.12. The van der Waals surface area contributed by atoms with Crippen LogP contribution < -0.4 is 10.5 Å². The summed E-state index contributed by atoms with van der Waals surface area (Å²) in [5.41, 5.74) is 6.00. The quantitative estimate of drug-likeness (QED) is 0.806. The zero-order valence-electron chi connectivity index (χ0n) is 11.0. The van der Waals surface area contributed by atoms with E-state index in [2.05, 4.69) is 4.72 Å². The molecular weight excluding hydrogens is 250 g/mol. The van der Waals surface area contributed by atoms with Gasteiger partial charge in [0.15, 0.2) is 0 Å². The van der Waals surface area contributed by atoms with Crippen molar-refractivity contribution in [1.29, 1.82) is 0 Å². The van der Waals surface area contributed by atoms with E-state index in [-0.39, 0.29) is 12.1 Å². The molecule has 0 bridgehead atoms. The van der Waals surface area contributed by atoms with Gasteiger partial charge in [0.05, 0.1) is 0 Å². The summed E-state index contributed by atoms with van der Waals surface area (Å²) in [7, 11) is -3.34. The summed E-state index contributed by atoms with van der Waals surface area (Å²) in [6.45, 7) is 1.30. The van der Waals surface area contributed by atoms with Gasteiger partial charge in [-0.15, -0.1) is 0 Å². The molecule has 1 saturated carbocycles. The Bertz CT molecular complexity index is 350. The Balaban J connectivity index is 1.96. The standard InChI is InChI=1S/C12H25N3O2S/c13-11-7-3-4-8-12(11)14-18(16,17)15-9-5-1-2-6-10-15/h11-12,14H,1-10,13H2/t11-,12-/m1/s1. The van der Waals surface area contributed by atoms with E-state index in [4.69, 9.17) is 5.73 Å². The van der Waals surface area contributed by atoms with Crippen molar-refractivity contribution in [1.82, 2.24) is 9.03 Å². The molecule has 0 aromatic carbocycles. The van der Waals surface area contributed by atoms with Crippen LogP contribution in [0.15, 0.2) is 0 Å². The molecule has 1 aliphatic carbocycles. The molecule has 0 unspecified atom stereocenters. The monoisotopic (exact) mass is 275 g/mol. The molecule has 3 N–H and O–H groups in total. The summed E-state index contributed by atoms with van der Waals surface area (Å²) in [5, 5.41) is 0. The first-order chi connectivity index (χ1) is 8.59. The smallest absolute Gasteiger partial charge is 0.279 e. The SMILES string of the molecule is N[C@@H]1CCCC[C@H]1NS(=O)(=O)N1CCCCCC1. The molecule has 0 radical (unpaired) electrons. The van der Waals surface area contributed by atoms with Crippen molar-refractivity contribution >= 4 is 10.2 Å². The molecule has 2 atom stereocenters. The Morgan fingerprint density at radius 1 is 0.944 bits per heavy atom. The van der Waals surface area contributed by atoms with Crippen LogP contribution in [0.1, 0.15) is 51.4 Å². The third-order valence-electron chi connectivity index (χ3n) is 4.02. The lowest BCUT2D eigenvalue weighted by Crippen LogP contribution is -2.53. The van der Waals surface area contributed by atoms with Gasteiger partial charge in [0.25, 0.3) is 10.2 Å². The van der Waals surface area contributed by atoms with Gasteiger partial charge in [-0.1, -0.05) is 25.7 Å². The molecule has 5 nitrogen and oxygen atoms in total. The van der Waals surface area contributed by atoms with E-state index in [1.165, 1.54) is 0 Å². The van der Waals surface area contributed by atoms with Crippen LogP contribution in [0.25, 0.3) is 0 Å². The van der Waals surface area contributed by atoms with Gasteiger partial charge in [-0.3, -0.25) is 0 Å². The van der Waals surface area contributed by atoms with Crippen LogP contribution in [0.3, 0.4) is 0 Å². The highest BCUT2D eigenvalue weighted by Gasteiger charge is 2.30. The minimum Gasteiger partial charge on any atom is -0.326 e. The van der Waals surface area contributed by atoms with Crippen molar-refractivity contribution in [2.24, 2.45) is 5.73 Å². The highest BCUT2D eigenvalue weighted by molar-refractivity contribution is 7.87. The van der Waals surface area contributed by atoms with Gasteiger partial charge in [-0.25, -0.2) is 0 Å². The van der Waals surface area contributed by atoms with E-state index in [9.17, 15) is 8.42 Å². The molecule has 1 aliphatic heterocycles. The van der Waals surface area contributed by atoms with Crippen LogP contribution in [-0.4, -0.2) is 37.9 Å². The van der Waals surface area contributed by atoms with Crippen LogP contribution in [0.2, 0.25) is 0 Å². The van der Waals surface area contributed by atoms with Gasteiger partial charge in [0, 0.05) is 25.2 Å². The molecule has 0 spiro atoms. The maximum atomic E-state index is 12.3. The fourth-order valence-corrected chi connectivity index (χ4v) is 4.42. The zero-order valence-corrected chi connectivity index (χ0v) is 11.8. The molecule has 2 aliphatic rings. The van der Waals surface area contributed by atoms with E-state index in [1.807, 2.05) is 0 Å². The molecule has 2 rings (SSSR count). The molecule has 106 valence electrons. The highest BCUT2D eigenvalue weighted by atomic mass is 32.2. The van der Waals surface area contributed by atoms with Crippen molar-refractivity contribution in [3.8, 4) is 0 Å². The lowest BCUT2D eigenvalue weighted by molar-refractivity contribution is 0.344. The summed E-state index contributed by atoms with van der Waals surface area (Å²) in [6.07, 6.45) is 8.19. The summed E-state index contributed by atoms with van der Waals surface area (Å²) in [5.74, 6) is 0. The molecule has 0 aromatic heterocycles. The van der Waals surface area contributed by atoms with Crippen LogP contribution >= 0.6 is 0 Å². The topological polar surface area (TPSA) is 75.4 Å². The number of rotatable bonds is 3. The van der Waals surface area contributed by atoms with Gasteiger partial charge < -0.3 is 5.73 Å². The number of hydrogen-bond donors (Lipinski definition) is 2. The summed E-state index contributed by atoms with van der Waals surface area (Å²) >= 11 is 0. The second-order valence-electron chi connectivity index (χ2n) is 5.49. The lowest BCUT2D eigenvalue weighted by Gasteiger charge is -2.31. The Hall–Kier alpha value is -0.170. The van der Waals surface area contributed by atoms with Crippen molar-refractivity contribution in [3.05, 3.63) is 0 Å². The highest BCUT2D eigenvalue weighted by Crippen LogP contribution is 2.19. The summed E-state index contributed by atoms with van der Waals surface area (Å²) in [4.78, 5) is 0. The Morgan fingerprint density at radius 3 is 2.17 bits per heavy atom. The van der Waals surface area contributed by atoms with Crippen LogP contribution in [0.4, 0.5) is 0 Å². The molecule has 6 heteroatoms. The van der Waals surface area contributed by atoms with E-state index in [1.54, 1.807) is 4.31 Å². The van der Waals surface area contributed by atoms with Crippen LogP contribution in [-0.2, 0) is 10.2 Å². The van der Waals surface area contributed by atoms with E-state index >= 15 is 0 Å². The van der Waals surface area contributed by atoms with Gasteiger partial charge in [0.1, 0.15) is 0 Å². The average molecular weight is 275 g/mol. The third-order valence-corrected chi connectivity index (χ3v) is 5.67. The second kappa shape index (κ2) is 6.32. The van der Waals surface area contributed by atoms with Gasteiger partial charge in [-0.2, -0.15) is 17.4 Å². The molecule has 1 heterocycles. The Kier molecular flexibility index (Phi) is 5.00. The molecule has 0 aromatic rings. The molecule has 1 saturated heterocycles. The van der Waals surface area contributed by atoms with E-state index in [0.717, 1.165) is 51.4 Å². The number of nitrogens with two attached hydrogens (primary N) is 1. The van der Waals surface area contributed by atoms with Crippen molar-refractivity contribution in [2.45, 2.75) is 63.5 Å². The van der Waals surface area contributed by atoms with Crippen molar-refractivity contribution in [2.75, 3.05) is 13.1 Å². The number of nitrogens with zero attached hydrogens (tertiary/aromatic N) is 1. The molecule has 0 amide bonds. The maximum Gasteiger partial charge on any atom is 0.279 e. The first kappa shape index (κ1) is 14.2. The summed E-state index contributed by atoms with van der Waals surface area (Å²) < 4.78 is 29.0. The summed E-state index contributed by atoms with van der Waals surface area (Å²) in [6, 6.07) is -0.104. The van der Waals surface area contributed by atoms with Gasteiger partial charge >= 0.3 is 0 Å². The van der Waals surface area contributed by atoms with E-state index < -0.39 is 10.2 Å². The van der Waals surface area contributed by atoms with E-state index in [0.29, 0.717) is 13.1 Å². The fourth-order valence-electron chi connectivity index (χ4n) is 2.85. The number of hydrogen-bond acceptors (Lipinski definition) is 3. The number of nitrogens with one attached hydrogen (secondary N) is 1. The Labute approximate surface area is 110 Å². The fraction of sp³-hybridized carbons (Fsp3) is 1.00. The Morgan fingerprint density at radius 2 is 1.56 bits per heavy atom. The van der Waals surface area contributed by atoms with Crippen molar-refractivity contribution < 1.29 is 8.42 Å². The average Bonchev–Trinajstić information content (AvgIpc) is 2.61. The molecule has 18 heavy (non-hydrogen) atoms. The molecule has 2 fully saturated rings. The normalized spacial score (nSPS) is 32.1. The minimum absolute atomic E-state index is 0.0273.